The molecular weight excluding hydrogens is 400 g/mol. The molecule has 24 heavy (non-hydrogen) atoms. The fourth-order valence-corrected chi connectivity index (χ4v) is 2.80. The summed E-state index contributed by atoms with van der Waals surface area (Å²) in [4.78, 5) is 24.3. The molecule has 6 nitrogen and oxygen atoms in total. The average Bonchev–Trinajstić information content (AvgIpc) is 2.54. The number of halogens is 2. The van der Waals surface area contributed by atoms with Crippen LogP contribution in [0.1, 0.15) is 15.9 Å². The summed E-state index contributed by atoms with van der Waals surface area (Å²) in [5, 5.41) is 10.9. The van der Waals surface area contributed by atoms with Gasteiger partial charge in [0.1, 0.15) is 10.8 Å². The van der Waals surface area contributed by atoms with Crippen molar-refractivity contribution in [2.24, 2.45) is 0 Å². The van der Waals surface area contributed by atoms with Gasteiger partial charge in [-0.05, 0) is 30.3 Å². The quantitative estimate of drug-likeness (QED) is 0.541. The van der Waals surface area contributed by atoms with E-state index in [9.17, 15) is 14.9 Å². The molecule has 0 unspecified atom stereocenters. The highest BCUT2D eigenvalue weighted by Gasteiger charge is 2.19. The van der Waals surface area contributed by atoms with Crippen LogP contribution in [0.15, 0.2) is 40.9 Å². The van der Waals surface area contributed by atoms with Crippen molar-refractivity contribution < 1.29 is 14.5 Å². The number of benzene rings is 2. The maximum Gasteiger partial charge on any atom is 0.288 e. The molecular formula is C16H14BrClN2O4. The molecule has 0 aliphatic rings. The molecule has 0 aromatic heterocycles. The van der Waals surface area contributed by atoms with E-state index in [0.717, 1.165) is 10.0 Å². The number of ether oxygens (including phenoxy) is 1. The van der Waals surface area contributed by atoms with Gasteiger partial charge in [-0.1, -0.05) is 27.5 Å². The van der Waals surface area contributed by atoms with Gasteiger partial charge in [-0.15, -0.1) is 0 Å². The molecule has 126 valence electrons. The Bertz CT molecular complexity index is 798. The zero-order valence-corrected chi connectivity index (χ0v) is 15.3. The molecule has 0 spiro atoms. The molecule has 0 N–H and O–H groups in total. The SMILES string of the molecule is COc1ccc(Br)cc1CN(C)C(=O)c1ccc(Cl)c([N+](=O)[O-])c1. The highest BCUT2D eigenvalue weighted by Crippen LogP contribution is 2.27. The van der Waals surface area contributed by atoms with Crippen molar-refractivity contribution in [3.8, 4) is 5.75 Å². The monoisotopic (exact) mass is 412 g/mol. The zero-order valence-electron chi connectivity index (χ0n) is 13.0. The normalized spacial score (nSPS) is 10.3. The van der Waals surface area contributed by atoms with Crippen molar-refractivity contribution in [1.82, 2.24) is 4.90 Å². The van der Waals surface area contributed by atoms with Crippen molar-refractivity contribution >= 4 is 39.1 Å². The molecule has 0 heterocycles. The molecule has 0 bridgehead atoms. The van der Waals surface area contributed by atoms with Gasteiger partial charge < -0.3 is 9.64 Å². The number of hydrogen-bond donors (Lipinski definition) is 0. The Morgan fingerprint density at radius 2 is 2.04 bits per heavy atom. The van der Waals surface area contributed by atoms with E-state index in [1.165, 1.54) is 23.1 Å². The van der Waals surface area contributed by atoms with Crippen LogP contribution in [-0.4, -0.2) is 29.9 Å². The largest absolute Gasteiger partial charge is 0.496 e. The first-order chi connectivity index (χ1) is 11.3. The summed E-state index contributed by atoms with van der Waals surface area (Å²) in [6.07, 6.45) is 0. The number of rotatable bonds is 5. The molecule has 0 aliphatic carbocycles. The van der Waals surface area contributed by atoms with Gasteiger partial charge in [0, 0.05) is 35.3 Å². The minimum atomic E-state index is -0.615. The van der Waals surface area contributed by atoms with E-state index in [0.29, 0.717) is 5.75 Å². The summed E-state index contributed by atoms with van der Waals surface area (Å²) in [6, 6.07) is 9.48. The Morgan fingerprint density at radius 1 is 1.33 bits per heavy atom. The fraction of sp³-hybridized carbons (Fsp3) is 0.188. The summed E-state index contributed by atoms with van der Waals surface area (Å²) in [5.74, 6) is 0.303. The second-order valence-electron chi connectivity index (χ2n) is 5.04. The van der Waals surface area contributed by atoms with E-state index in [-0.39, 0.29) is 28.7 Å². The minimum absolute atomic E-state index is 0.00661. The molecule has 2 aromatic rings. The Kier molecular flexibility index (Phi) is 5.80. The topological polar surface area (TPSA) is 72.7 Å². The van der Waals surface area contributed by atoms with E-state index in [4.69, 9.17) is 16.3 Å². The summed E-state index contributed by atoms with van der Waals surface area (Å²) in [7, 11) is 3.17. The lowest BCUT2D eigenvalue weighted by molar-refractivity contribution is -0.384. The Labute approximate surface area is 152 Å². The van der Waals surface area contributed by atoms with Crippen LogP contribution in [0.4, 0.5) is 5.69 Å². The highest BCUT2D eigenvalue weighted by molar-refractivity contribution is 9.10. The predicted molar refractivity (Wildman–Crippen MR) is 94.6 cm³/mol. The molecule has 0 aliphatic heterocycles. The van der Waals surface area contributed by atoms with Gasteiger partial charge in [0.05, 0.1) is 12.0 Å². The Hall–Kier alpha value is -2.12. The summed E-state index contributed by atoms with van der Waals surface area (Å²) < 4.78 is 6.15. The first kappa shape index (κ1) is 18.2. The molecule has 0 radical (unpaired) electrons. The number of amides is 1. The minimum Gasteiger partial charge on any atom is -0.496 e. The highest BCUT2D eigenvalue weighted by atomic mass is 79.9. The van der Waals surface area contributed by atoms with Crippen LogP contribution in [-0.2, 0) is 6.54 Å². The zero-order chi connectivity index (χ0) is 17.9. The third-order valence-electron chi connectivity index (χ3n) is 3.39. The van der Waals surface area contributed by atoms with Gasteiger partial charge in [-0.3, -0.25) is 14.9 Å². The van der Waals surface area contributed by atoms with Crippen molar-refractivity contribution in [3.63, 3.8) is 0 Å². The first-order valence-corrected chi connectivity index (χ1v) is 8.02. The van der Waals surface area contributed by atoms with Gasteiger partial charge in [-0.2, -0.15) is 0 Å². The van der Waals surface area contributed by atoms with E-state index in [1.807, 2.05) is 12.1 Å². The molecule has 0 atom stereocenters. The van der Waals surface area contributed by atoms with Crippen molar-refractivity contribution in [1.29, 1.82) is 0 Å². The van der Waals surface area contributed by atoms with Crippen molar-refractivity contribution in [3.05, 3.63) is 67.1 Å². The fourth-order valence-electron chi connectivity index (χ4n) is 2.20. The first-order valence-electron chi connectivity index (χ1n) is 6.85. The van der Waals surface area contributed by atoms with E-state index < -0.39 is 4.92 Å². The molecule has 1 amide bonds. The number of nitrogens with zero attached hydrogens (tertiary/aromatic N) is 2. The van der Waals surface area contributed by atoms with Gasteiger partial charge in [-0.25, -0.2) is 0 Å². The summed E-state index contributed by atoms with van der Waals surface area (Å²) in [6.45, 7) is 0.290. The standard InChI is InChI=1S/C16H14BrClN2O4/c1-19(9-11-7-12(17)4-6-15(11)24-2)16(21)10-3-5-13(18)14(8-10)20(22)23/h3-8H,9H2,1-2H3. The number of carbonyl (C=O) groups excluding carboxylic acids is 1. The van der Waals surface area contributed by atoms with E-state index >= 15 is 0 Å². The average molecular weight is 414 g/mol. The van der Waals surface area contributed by atoms with Crippen LogP contribution in [0.3, 0.4) is 0 Å². The maximum absolute atomic E-state index is 12.5. The maximum atomic E-state index is 12.5. The molecule has 0 saturated heterocycles. The van der Waals surface area contributed by atoms with Crippen LogP contribution in [0.5, 0.6) is 5.75 Å². The summed E-state index contributed by atoms with van der Waals surface area (Å²) in [5.41, 5.74) is 0.713. The lowest BCUT2D eigenvalue weighted by Gasteiger charge is -2.19. The van der Waals surface area contributed by atoms with Gasteiger partial charge in [0.15, 0.2) is 0 Å². The predicted octanol–water partition coefficient (Wildman–Crippen LogP) is 4.29. The van der Waals surface area contributed by atoms with Crippen LogP contribution < -0.4 is 4.74 Å². The number of carbonyl (C=O) groups is 1. The number of methoxy groups -OCH3 is 1. The van der Waals surface area contributed by atoms with Gasteiger partial charge in [0.25, 0.3) is 11.6 Å². The third-order valence-corrected chi connectivity index (χ3v) is 4.20. The molecule has 0 saturated carbocycles. The Morgan fingerprint density at radius 3 is 2.67 bits per heavy atom. The van der Waals surface area contributed by atoms with Crippen LogP contribution >= 0.6 is 27.5 Å². The Balaban J connectivity index is 2.26. The van der Waals surface area contributed by atoms with Crippen molar-refractivity contribution in [2.75, 3.05) is 14.2 Å². The van der Waals surface area contributed by atoms with E-state index in [2.05, 4.69) is 15.9 Å². The summed E-state index contributed by atoms with van der Waals surface area (Å²) >= 11 is 9.16. The van der Waals surface area contributed by atoms with E-state index in [1.54, 1.807) is 20.2 Å². The van der Waals surface area contributed by atoms with Gasteiger partial charge in [0.2, 0.25) is 0 Å². The number of nitro benzene ring substituents is 1. The number of nitro groups is 1. The molecule has 2 aromatic carbocycles. The second-order valence-corrected chi connectivity index (χ2v) is 6.36. The van der Waals surface area contributed by atoms with Crippen molar-refractivity contribution in [2.45, 2.75) is 6.54 Å². The lowest BCUT2D eigenvalue weighted by Crippen LogP contribution is -2.26. The number of hydrogen-bond acceptors (Lipinski definition) is 4. The lowest BCUT2D eigenvalue weighted by atomic mass is 10.1. The smallest absolute Gasteiger partial charge is 0.288 e. The van der Waals surface area contributed by atoms with Crippen LogP contribution in [0.25, 0.3) is 0 Å². The molecule has 0 fully saturated rings. The van der Waals surface area contributed by atoms with Gasteiger partial charge >= 0.3 is 0 Å². The van der Waals surface area contributed by atoms with Crippen LogP contribution in [0.2, 0.25) is 5.02 Å². The molecule has 8 heteroatoms. The molecule has 2 rings (SSSR count). The third kappa shape index (κ3) is 4.04. The van der Waals surface area contributed by atoms with Crippen LogP contribution in [0, 0.1) is 10.1 Å². The second kappa shape index (κ2) is 7.63.